The third kappa shape index (κ3) is 2.85. The molecule has 18 heavy (non-hydrogen) atoms. The summed E-state index contributed by atoms with van der Waals surface area (Å²) in [5, 5.41) is 0.659. The van der Waals surface area contributed by atoms with Crippen molar-refractivity contribution in [3.05, 3.63) is 34.9 Å². The summed E-state index contributed by atoms with van der Waals surface area (Å²) in [4.78, 5) is 14.1. The first-order chi connectivity index (χ1) is 8.54. The molecule has 1 atom stereocenters. The van der Waals surface area contributed by atoms with Crippen molar-refractivity contribution in [1.29, 1.82) is 0 Å². The molecule has 1 amide bonds. The number of carbonyl (C=O) groups is 1. The first-order valence-corrected chi connectivity index (χ1v) is 6.63. The second-order valence-electron chi connectivity index (χ2n) is 5.35. The standard InChI is InChI=1S/C14H19ClN2O/c1-14(9-16)6-7-17(10-14)13(18)8-11-4-2-3-5-12(11)15/h2-5H,6-10,16H2,1H3. The summed E-state index contributed by atoms with van der Waals surface area (Å²) < 4.78 is 0. The predicted molar refractivity (Wildman–Crippen MR) is 73.5 cm³/mol. The van der Waals surface area contributed by atoms with Crippen LogP contribution in [-0.2, 0) is 11.2 Å². The molecule has 4 heteroatoms. The number of hydrogen-bond donors (Lipinski definition) is 1. The lowest BCUT2D eigenvalue weighted by Crippen LogP contribution is -2.35. The van der Waals surface area contributed by atoms with Crippen LogP contribution >= 0.6 is 11.6 Å². The average Bonchev–Trinajstić information content (AvgIpc) is 2.76. The van der Waals surface area contributed by atoms with Gasteiger partial charge in [-0.15, -0.1) is 0 Å². The molecule has 1 aliphatic heterocycles. The van der Waals surface area contributed by atoms with Gasteiger partial charge in [-0.3, -0.25) is 4.79 Å². The first-order valence-electron chi connectivity index (χ1n) is 6.25. The molecule has 0 radical (unpaired) electrons. The van der Waals surface area contributed by atoms with Gasteiger partial charge in [0.25, 0.3) is 0 Å². The van der Waals surface area contributed by atoms with E-state index in [0.29, 0.717) is 18.0 Å². The van der Waals surface area contributed by atoms with E-state index in [2.05, 4.69) is 6.92 Å². The molecule has 2 N–H and O–H groups in total. The van der Waals surface area contributed by atoms with Crippen LogP contribution in [0.3, 0.4) is 0 Å². The number of benzene rings is 1. The molecule has 1 aromatic rings. The van der Waals surface area contributed by atoms with E-state index in [1.807, 2.05) is 29.2 Å². The maximum atomic E-state index is 12.2. The van der Waals surface area contributed by atoms with Crippen LogP contribution < -0.4 is 5.73 Å². The van der Waals surface area contributed by atoms with Gasteiger partial charge >= 0.3 is 0 Å². The van der Waals surface area contributed by atoms with Gasteiger partial charge in [0.1, 0.15) is 0 Å². The normalized spacial score (nSPS) is 23.4. The van der Waals surface area contributed by atoms with Gasteiger partial charge < -0.3 is 10.6 Å². The fraction of sp³-hybridized carbons (Fsp3) is 0.500. The number of amides is 1. The number of nitrogens with zero attached hydrogens (tertiary/aromatic N) is 1. The zero-order valence-corrected chi connectivity index (χ0v) is 11.4. The quantitative estimate of drug-likeness (QED) is 0.911. The summed E-state index contributed by atoms with van der Waals surface area (Å²) in [5.74, 6) is 0.139. The molecule has 2 rings (SSSR count). The van der Waals surface area contributed by atoms with E-state index in [-0.39, 0.29) is 11.3 Å². The van der Waals surface area contributed by atoms with Crippen molar-refractivity contribution in [3.8, 4) is 0 Å². The Morgan fingerprint density at radius 2 is 2.22 bits per heavy atom. The van der Waals surface area contributed by atoms with Crippen LogP contribution in [0.2, 0.25) is 5.02 Å². The van der Waals surface area contributed by atoms with Crippen LogP contribution in [0.4, 0.5) is 0 Å². The molecule has 0 aromatic heterocycles. The highest BCUT2D eigenvalue weighted by molar-refractivity contribution is 6.31. The maximum Gasteiger partial charge on any atom is 0.227 e. The van der Waals surface area contributed by atoms with Gasteiger partial charge in [-0.05, 0) is 30.0 Å². The molecule has 0 spiro atoms. The molecule has 1 aliphatic rings. The van der Waals surface area contributed by atoms with Gasteiger partial charge in [0.15, 0.2) is 0 Å². The Hall–Kier alpha value is -1.06. The average molecular weight is 267 g/mol. The van der Waals surface area contributed by atoms with E-state index in [1.54, 1.807) is 0 Å². The van der Waals surface area contributed by atoms with Crippen molar-refractivity contribution in [3.63, 3.8) is 0 Å². The molecule has 3 nitrogen and oxygen atoms in total. The molecular weight excluding hydrogens is 248 g/mol. The van der Waals surface area contributed by atoms with E-state index in [0.717, 1.165) is 25.1 Å². The molecule has 1 saturated heterocycles. The zero-order chi connectivity index (χ0) is 13.2. The highest BCUT2D eigenvalue weighted by atomic mass is 35.5. The van der Waals surface area contributed by atoms with Gasteiger partial charge in [-0.25, -0.2) is 0 Å². The number of rotatable bonds is 3. The van der Waals surface area contributed by atoms with Gasteiger partial charge in [-0.2, -0.15) is 0 Å². The molecule has 1 unspecified atom stereocenters. The summed E-state index contributed by atoms with van der Waals surface area (Å²) >= 11 is 6.07. The van der Waals surface area contributed by atoms with Crippen LogP contribution in [0.15, 0.2) is 24.3 Å². The summed E-state index contributed by atoms with van der Waals surface area (Å²) in [6.45, 7) is 4.32. The molecule has 1 fully saturated rings. The Kier molecular flexibility index (Phi) is 3.93. The second kappa shape index (κ2) is 5.29. The van der Waals surface area contributed by atoms with Crippen LogP contribution in [0.1, 0.15) is 18.9 Å². The van der Waals surface area contributed by atoms with Crippen LogP contribution in [-0.4, -0.2) is 30.4 Å². The Morgan fingerprint density at radius 3 is 2.83 bits per heavy atom. The molecule has 1 aromatic carbocycles. The lowest BCUT2D eigenvalue weighted by atomic mass is 9.90. The lowest BCUT2D eigenvalue weighted by Gasteiger charge is -2.22. The van der Waals surface area contributed by atoms with Crippen LogP contribution in [0, 0.1) is 5.41 Å². The van der Waals surface area contributed by atoms with Crippen molar-refractivity contribution in [2.45, 2.75) is 19.8 Å². The summed E-state index contributed by atoms with van der Waals surface area (Å²) in [6.07, 6.45) is 1.36. The highest BCUT2D eigenvalue weighted by Gasteiger charge is 2.34. The fourth-order valence-corrected chi connectivity index (χ4v) is 2.52. The van der Waals surface area contributed by atoms with Crippen molar-refractivity contribution >= 4 is 17.5 Å². The second-order valence-corrected chi connectivity index (χ2v) is 5.76. The van der Waals surface area contributed by atoms with E-state index >= 15 is 0 Å². The van der Waals surface area contributed by atoms with Crippen molar-refractivity contribution in [2.24, 2.45) is 11.1 Å². The summed E-state index contributed by atoms with van der Waals surface area (Å²) in [7, 11) is 0. The summed E-state index contributed by atoms with van der Waals surface area (Å²) in [6, 6.07) is 7.50. The molecule has 0 aliphatic carbocycles. The number of carbonyl (C=O) groups excluding carboxylic acids is 1. The number of halogens is 1. The largest absolute Gasteiger partial charge is 0.342 e. The Bertz CT molecular complexity index is 449. The molecule has 1 heterocycles. The first kappa shape index (κ1) is 13.4. The third-order valence-electron chi connectivity index (χ3n) is 3.70. The molecule has 98 valence electrons. The van der Waals surface area contributed by atoms with Gasteiger partial charge in [0.2, 0.25) is 5.91 Å². The molecular formula is C14H19ClN2O. The van der Waals surface area contributed by atoms with Gasteiger partial charge in [0.05, 0.1) is 6.42 Å². The van der Waals surface area contributed by atoms with E-state index < -0.39 is 0 Å². The van der Waals surface area contributed by atoms with Crippen molar-refractivity contribution in [2.75, 3.05) is 19.6 Å². The Labute approximate surface area is 113 Å². The maximum absolute atomic E-state index is 12.2. The summed E-state index contributed by atoms with van der Waals surface area (Å²) in [5.41, 5.74) is 6.72. The minimum atomic E-state index is 0.0795. The lowest BCUT2D eigenvalue weighted by molar-refractivity contribution is -0.129. The Balaban J connectivity index is 2.00. The minimum Gasteiger partial charge on any atom is -0.342 e. The van der Waals surface area contributed by atoms with Gasteiger partial charge in [0, 0.05) is 18.1 Å². The van der Waals surface area contributed by atoms with Gasteiger partial charge in [-0.1, -0.05) is 36.7 Å². The molecule has 0 bridgehead atoms. The number of hydrogen-bond acceptors (Lipinski definition) is 2. The smallest absolute Gasteiger partial charge is 0.227 e. The third-order valence-corrected chi connectivity index (χ3v) is 4.07. The van der Waals surface area contributed by atoms with E-state index in [1.165, 1.54) is 0 Å². The highest BCUT2D eigenvalue weighted by Crippen LogP contribution is 2.29. The monoisotopic (exact) mass is 266 g/mol. The van der Waals surface area contributed by atoms with Crippen molar-refractivity contribution < 1.29 is 4.79 Å². The number of nitrogens with two attached hydrogens (primary N) is 1. The fourth-order valence-electron chi connectivity index (χ4n) is 2.32. The number of likely N-dealkylation sites (tertiary alicyclic amines) is 1. The van der Waals surface area contributed by atoms with Crippen LogP contribution in [0.25, 0.3) is 0 Å². The zero-order valence-electron chi connectivity index (χ0n) is 10.7. The molecule has 0 saturated carbocycles. The minimum absolute atomic E-state index is 0.0795. The Morgan fingerprint density at radius 1 is 1.50 bits per heavy atom. The SMILES string of the molecule is CC1(CN)CCN(C(=O)Cc2ccccc2Cl)C1. The van der Waals surface area contributed by atoms with Crippen molar-refractivity contribution in [1.82, 2.24) is 4.90 Å². The predicted octanol–water partition coefficient (Wildman–Crippen LogP) is 2.08. The van der Waals surface area contributed by atoms with E-state index in [9.17, 15) is 4.79 Å². The van der Waals surface area contributed by atoms with E-state index in [4.69, 9.17) is 17.3 Å². The topological polar surface area (TPSA) is 46.3 Å². The van der Waals surface area contributed by atoms with Crippen LogP contribution in [0.5, 0.6) is 0 Å².